The molecule has 0 saturated heterocycles. The van der Waals surface area contributed by atoms with Crippen molar-refractivity contribution in [1.82, 2.24) is 0 Å². The summed E-state index contributed by atoms with van der Waals surface area (Å²) in [5, 5.41) is 0. The summed E-state index contributed by atoms with van der Waals surface area (Å²) in [5.74, 6) is -0.308. The van der Waals surface area contributed by atoms with E-state index in [0.29, 0.717) is 11.1 Å². The zero-order valence-electron chi connectivity index (χ0n) is 9.14. The molecule has 0 heterocycles. The van der Waals surface area contributed by atoms with Crippen LogP contribution in [0.2, 0.25) is 0 Å². The van der Waals surface area contributed by atoms with Crippen LogP contribution < -0.4 is 0 Å². The topological polar surface area (TPSA) is 17.1 Å². The highest BCUT2D eigenvalue weighted by Gasteiger charge is 2.00. The summed E-state index contributed by atoms with van der Waals surface area (Å²) in [6.45, 7) is 0. The van der Waals surface area contributed by atoms with E-state index >= 15 is 0 Å². The summed E-state index contributed by atoms with van der Waals surface area (Å²) in [4.78, 5) is 11.0. The maximum absolute atomic E-state index is 13.0. The third-order valence-corrected chi connectivity index (χ3v) is 2.40. The van der Waals surface area contributed by atoms with Crippen LogP contribution in [-0.2, 0) is 4.79 Å². The van der Waals surface area contributed by atoms with Gasteiger partial charge in [0.05, 0.1) is 0 Å². The van der Waals surface area contributed by atoms with E-state index in [4.69, 9.17) is 0 Å². The van der Waals surface area contributed by atoms with Crippen molar-refractivity contribution < 1.29 is 9.18 Å². The average molecular weight is 226 g/mol. The van der Waals surface area contributed by atoms with Gasteiger partial charge in [0.15, 0.2) is 6.29 Å². The SMILES string of the molecule is O=CC(=Cc1cccc(F)c1)c1ccccc1. The molecule has 2 aromatic carbocycles. The van der Waals surface area contributed by atoms with E-state index in [1.165, 1.54) is 12.1 Å². The fourth-order valence-corrected chi connectivity index (χ4v) is 1.59. The molecule has 1 nitrogen and oxygen atoms in total. The monoisotopic (exact) mass is 226 g/mol. The van der Waals surface area contributed by atoms with Gasteiger partial charge in [-0.15, -0.1) is 0 Å². The van der Waals surface area contributed by atoms with E-state index < -0.39 is 0 Å². The van der Waals surface area contributed by atoms with E-state index in [0.717, 1.165) is 11.8 Å². The lowest BCUT2D eigenvalue weighted by molar-refractivity contribution is -0.103. The lowest BCUT2D eigenvalue weighted by Gasteiger charge is -2.00. The van der Waals surface area contributed by atoms with Crippen LogP contribution in [0.25, 0.3) is 11.6 Å². The lowest BCUT2D eigenvalue weighted by atomic mass is 10.0. The van der Waals surface area contributed by atoms with Crippen molar-refractivity contribution in [3.05, 3.63) is 71.5 Å². The molecule has 0 unspecified atom stereocenters. The molecule has 0 spiro atoms. The van der Waals surface area contributed by atoms with Crippen LogP contribution in [-0.4, -0.2) is 6.29 Å². The molecule has 0 bridgehead atoms. The van der Waals surface area contributed by atoms with Gasteiger partial charge in [-0.2, -0.15) is 0 Å². The Balaban J connectivity index is 2.40. The summed E-state index contributed by atoms with van der Waals surface area (Å²) in [6.07, 6.45) is 2.45. The van der Waals surface area contributed by atoms with Crippen molar-refractivity contribution in [2.24, 2.45) is 0 Å². The Morgan fingerprint density at radius 2 is 1.76 bits per heavy atom. The van der Waals surface area contributed by atoms with Gasteiger partial charge in [-0.25, -0.2) is 4.39 Å². The maximum Gasteiger partial charge on any atom is 0.150 e. The van der Waals surface area contributed by atoms with Crippen LogP contribution in [0.1, 0.15) is 11.1 Å². The van der Waals surface area contributed by atoms with Gasteiger partial charge in [0.2, 0.25) is 0 Å². The minimum atomic E-state index is -0.308. The number of allylic oxidation sites excluding steroid dienone is 1. The largest absolute Gasteiger partial charge is 0.298 e. The van der Waals surface area contributed by atoms with Gasteiger partial charge in [-0.05, 0) is 29.3 Å². The molecule has 0 amide bonds. The molecule has 84 valence electrons. The molecule has 0 aliphatic heterocycles. The van der Waals surface area contributed by atoms with Crippen LogP contribution in [0.3, 0.4) is 0 Å². The number of halogens is 1. The molecule has 17 heavy (non-hydrogen) atoms. The molecule has 0 aliphatic rings. The van der Waals surface area contributed by atoms with Gasteiger partial charge >= 0.3 is 0 Å². The second-order valence-electron chi connectivity index (χ2n) is 3.64. The molecule has 2 rings (SSSR count). The molecule has 0 radical (unpaired) electrons. The fourth-order valence-electron chi connectivity index (χ4n) is 1.59. The molecule has 0 aromatic heterocycles. The number of carbonyl (C=O) groups is 1. The Bertz CT molecular complexity index is 544. The number of aldehydes is 1. The second-order valence-corrected chi connectivity index (χ2v) is 3.64. The quantitative estimate of drug-likeness (QED) is 0.444. The lowest BCUT2D eigenvalue weighted by Crippen LogP contribution is -1.86. The van der Waals surface area contributed by atoms with Gasteiger partial charge in [0.25, 0.3) is 0 Å². The Labute approximate surface area is 99.2 Å². The first-order valence-electron chi connectivity index (χ1n) is 5.27. The zero-order valence-corrected chi connectivity index (χ0v) is 9.14. The number of rotatable bonds is 3. The Morgan fingerprint density at radius 3 is 2.41 bits per heavy atom. The number of hydrogen-bond donors (Lipinski definition) is 0. The van der Waals surface area contributed by atoms with Crippen LogP contribution in [0.4, 0.5) is 4.39 Å². The molecule has 0 fully saturated rings. The van der Waals surface area contributed by atoms with Gasteiger partial charge < -0.3 is 0 Å². The second kappa shape index (κ2) is 5.21. The smallest absolute Gasteiger partial charge is 0.150 e. The van der Waals surface area contributed by atoms with E-state index in [9.17, 15) is 9.18 Å². The van der Waals surface area contributed by atoms with Crippen LogP contribution in [0, 0.1) is 5.82 Å². The van der Waals surface area contributed by atoms with Crippen molar-refractivity contribution in [2.45, 2.75) is 0 Å². The van der Waals surface area contributed by atoms with Crippen molar-refractivity contribution >= 4 is 17.9 Å². The molecule has 0 aliphatic carbocycles. The number of hydrogen-bond acceptors (Lipinski definition) is 1. The van der Waals surface area contributed by atoms with Crippen molar-refractivity contribution in [1.29, 1.82) is 0 Å². The Morgan fingerprint density at radius 1 is 1.00 bits per heavy atom. The van der Waals surface area contributed by atoms with Crippen molar-refractivity contribution in [2.75, 3.05) is 0 Å². The molecule has 2 aromatic rings. The summed E-state index contributed by atoms with van der Waals surface area (Å²) >= 11 is 0. The standard InChI is InChI=1S/C15H11FO/c16-15-8-4-5-12(10-15)9-14(11-17)13-6-2-1-3-7-13/h1-11H. The predicted octanol–water partition coefficient (Wildman–Crippen LogP) is 3.57. The molecular weight excluding hydrogens is 215 g/mol. The van der Waals surface area contributed by atoms with E-state index in [2.05, 4.69) is 0 Å². The van der Waals surface area contributed by atoms with Gasteiger partial charge in [-0.3, -0.25) is 4.79 Å². The summed E-state index contributed by atoms with van der Waals surface area (Å²) in [7, 11) is 0. The fraction of sp³-hybridized carbons (Fsp3) is 0. The average Bonchev–Trinajstić information content (AvgIpc) is 2.37. The Hall–Kier alpha value is -2.22. The zero-order chi connectivity index (χ0) is 12.1. The summed E-state index contributed by atoms with van der Waals surface area (Å²) in [5.41, 5.74) is 2.04. The minimum Gasteiger partial charge on any atom is -0.298 e. The first kappa shape index (κ1) is 11.3. The molecule has 0 N–H and O–H groups in total. The van der Waals surface area contributed by atoms with Gasteiger partial charge in [0.1, 0.15) is 5.82 Å². The molecule has 0 saturated carbocycles. The first-order valence-corrected chi connectivity index (χ1v) is 5.27. The Kier molecular flexibility index (Phi) is 3.46. The van der Waals surface area contributed by atoms with Crippen LogP contribution in [0.5, 0.6) is 0 Å². The third kappa shape index (κ3) is 2.88. The molecular formula is C15H11FO. The predicted molar refractivity (Wildman–Crippen MR) is 66.8 cm³/mol. The van der Waals surface area contributed by atoms with Crippen LogP contribution in [0.15, 0.2) is 54.6 Å². The molecule has 0 atom stereocenters. The van der Waals surface area contributed by atoms with Gasteiger partial charge in [-0.1, -0.05) is 42.5 Å². The van der Waals surface area contributed by atoms with Crippen molar-refractivity contribution in [3.8, 4) is 0 Å². The summed E-state index contributed by atoms with van der Waals surface area (Å²) < 4.78 is 13.0. The van der Waals surface area contributed by atoms with E-state index in [1.807, 2.05) is 30.3 Å². The van der Waals surface area contributed by atoms with Crippen molar-refractivity contribution in [3.63, 3.8) is 0 Å². The van der Waals surface area contributed by atoms with E-state index in [1.54, 1.807) is 18.2 Å². The summed E-state index contributed by atoms with van der Waals surface area (Å²) in [6, 6.07) is 15.4. The number of carbonyl (C=O) groups excluding carboxylic acids is 1. The van der Waals surface area contributed by atoms with Crippen LogP contribution >= 0.6 is 0 Å². The third-order valence-electron chi connectivity index (χ3n) is 2.40. The van der Waals surface area contributed by atoms with Gasteiger partial charge in [0, 0.05) is 5.57 Å². The molecule has 2 heteroatoms. The highest BCUT2D eigenvalue weighted by Crippen LogP contribution is 2.16. The highest BCUT2D eigenvalue weighted by molar-refractivity contribution is 6.13. The highest BCUT2D eigenvalue weighted by atomic mass is 19.1. The normalized spacial score (nSPS) is 11.2. The number of benzene rings is 2. The minimum absolute atomic E-state index is 0.308. The van der Waals surface area contributed by atoms with E-state index in [-0.39, 0.29) is 5.82 Å². The first-order chi connectivity index (χ1) is 8.29. The maximum atomic E-state index is 13.0.